The quantitative estimate of drug-likeness (QED) is 0.0626. The van der Waals surface area contributed by atoms with E-state index in [0.29, 0.717) is 6.17 Å². The van der Waals surface area contributed by atoms with Gasteiger partial charge in [-0.15, -0.1) is 29.0 Å². The summed E-state index contributed by atoms with van der Waals surface area (Å²) >= 11 is 0. The molecule has 5 aromatic rings. The monoisotopic (exact) mass is 658 g/mol. The van der Waals surface area contributed by atoms with Crippen LogP contribution in [0.2, 0.25) is 0 Å². The van der Waals surface area contributed by atoms with E-state index in [2.05, 4.69) is 53.5 Å². The van der Waals surface area contributed by atoms with Gasteiger partial charge in [0.15, 0.2) is 5.78 Å². The van der Waals surface area contributed by atoms with Gasteiger partial charge in [0.1, 0.15) is 0 Å². The second-order valence-electron chi connectivity index (χ2n) is 9.12. The maximum absolute atomic E-state index is 11.7. The molecule has 0 fully saturated rings. The zero-order chi connectivity index (χ0) is 25.8. The molecule has 189 valence electrons. The zero-order valence-electron chi connectivity index (χ0n) is 22.4. The largest absolute Gasteiger partial charge is 0.512 e. The van der Waals surface area contributed by atoms with Crippen LogP contribution < -0.4 is 0 Å². The van der Waals surface area contributed by atoms with Crippen molar-refractivity contribution < 1.29 is 31.4 Å². The van der Waals surface area contributed by atoms with Crippen molar-refractivity contribution in [2.24, 2.45) is 11.8 Å². The number of fused-ring (bicyclic) bond motifs is 2. The predicted molar refractivity (Wildman–Crippen MR) is 148 cm³/mol. The molecule has 5 rings (SSSR count). The molecule has 1 radical (unpaired) electrons. The smallest absolute Gasteiger partial charge is 0.162 e. The Morgan fingerprint density at radius 3 is 2.11 bits per heavy atom. The standard InChI is InChI=1S/C19H10N.C13H24O2.Ir/c1-4-12-5-3-9-16-17(12)14(7-1)15-8-2-6-13-10-11-20-19(16)18(13)15;1-5-10(6-2)12(14)9-13(15)11(7-3)8-4;/h1-8,10-11H;9-11,14H,5-8H2,1-4H3;/q-1;;/b;12-9-;/i11D;;. The fourth-order valence-corrected chi connectivity index (χ4v) is 5.05. The van der Waals surface area contributed by atoms with Crippen molar-refractivity contribution in [2.75, 3.05) is 0 Å². The summed E-state index contributed by atoms with van der Waals surface area (Å²) in [6.07, 6.45) is 5.21. The van der Waals surface area contributed by atoms with E-state index < -0.39 is 0 Å². The Bertz CT molecular complexity index is 1530. The normalized spacial score (nSPS) is 12.3. The van der Waals surface area contributed by atoms with Crippen LogP contribution in [0.1, 0.15) is 54.7 Å². The van der Waals surface area contributed by atoms with Crippen molar-refractivity contribution in [3.63, 3.8) is 0 Å². The molecule has 0 bridgehead atoms. The van der Waals surface area contributed by atoms with E-state index in [9.17, 15) is 9.90 Å². The number of nitrogens with zero attached hydrogens (tertiary/aromatic N) is 1. The van der Waals surface area contributed by atoms with Crippen LogP contribution in [0.4, 0.5) is 0 Å². The van der Waals surface area contributed by atoms with Gasteiger partial charge >= 0.3 is 0 Å². The van der Waals surface area contributed by atoms with Crippen molar-refractivity contribution in [1.29, 1.82) is 0 Å². The first kappa shape index (κ1) is 26.3. The number of aliphatic hydroxyl groups excluding tert-OH is 1. The summed E-state index contributed by atoms with van der Waals surface area (Å²) in [5.74, 6) is 0.547. The number of allylic oxidation sites excluding steroid dienone is 2. The number of hydrogen-bond acceptors (Lipinski definition) is 3. The number of ketones is 1. The van der Waals surface area contributed by atoms with Crippen LogP contribution in [0, 0.1) is 17.9 Å². The average molecular weight is 658 g/mol. The minimum atomic E-state index is 0. The van der Waals surface area contributed by atoms with E-state index in [0.717, 1.165) is 47.4 Å². The number of aliphatic hydroxyl groups is 1. The topological polar surface area (TPSA) is 50.2 Å². The van der Waals surface area contributed by atoms with Crippen LogP contribution >= 0.6 is 0 Å². The summed E-state index contributed by atoms with van der Waals surface area (Å²) in [6.45, 7) is 8.07. The number of hydrogen-bond donors (Lipinski definition) is 1. The molecule has 0 aliphatic carbocycles. The zero-order valence-corrected chi connectivity index (χ0v) is 23.8. The number of pyridine rings is 1. The number of carbonyl (C=O) groups is 1. The first-order valence-corrected chi connectivity index (χ1v) is 12.7. The summed E-state index contributed by atoms with van der Waals surface area (Å²) in [7, 11) is 0. The van der Waals surface area contributed by atoms with E-state index in [1.54, 1.807) is 0 Å². The molecular weight excluding hydrogens is 623 g/mol. The van der Waals surface area contributed by atoms with Gasteiger partial charge in [0, 0.05) is 44.2 Å². The van der Waals surface area contributed by atoms with Crippen LogP contribution in [-0.4, -0.2) is 15.9 Å². The molecule has 1 aromatic heterocycles. The van der Waals surface area contributed by atoms with Crippen molar-refractivity contribution in [3.8, 4) is 0 Å². The minimum Gasteiger partial charge on any atom is -0.512 e. The molecule has 0 amide bonds. The summed E-state index contributed by atoms with van der Waals surface area (Å²) in [5, 5.41) is 17.8. The number of aromatic nitrogens is 1. The second kappa shape index (κ2) is 12.4. The summed E-state index contributed by atoms with van der Waals surface area (Å²) < 4.78 is 7.97. The van der Waals surface area contributed by atoms with Crippen LogP contribution in [0.5, 0.6) is 0 Å². The van der Waals surface area contributed by atoms with Gasteiger partial charge in [-0.2, -0.15) is 0 Å². The van der Waals surface area contributed by atoms with Gasteiger partial charge < -0.3 is 10.1 Å². The van der Waals surface area contributed by atoms with E-state index >= 15 is 0 Å². The van der Waals surface area contributed by atoms with Gasteiger partial charge in [0.05, 0.1) is 7.13 Å². The Labute approximate surface area is 228 Å². The molecule has 0 aliphatic rings. The average Bonchev–Trinajstić information content (AvgIpc) is 2.88. The number of benzene rings is 4. The fraction of sp³-hybridized carbons (Fsp3) is 0.312. The van der Waals surface area contributed by atoms with E-state index in [4.69, 9.17) is 1.37 Å². The molecule has 0 saturated heterocycles. The molecule has 36 heavy (non-hydrogen) atoms. The number of rotatable bonds is 7. The maximum atomic E-state index is 11.7. The van der Waals surface area contributed by atoms with Crippen LogP contribution in [-0.2, 0) is 24.9 Å². The van der Waals surface area contributed by atoms with Gasteiger partial charge in [-0.25, -0.2) is 0 Å². The summed E-state index contributed by atoms with van der Waals surface area (Å²) in [4.78, 5) is 16.2. The third-order valence-electron chi connectivity index (χ3n) is 7.18. The summed E-state index contributed by atoms with van der Waals surface area (Å²) in [5.41, 5.74) is 0.886. The SMILES string of the molecule is CCC(CC)C(=O)/C=C(\O)C(CC)CC.[2H]c1cc2cccc3c4cccc5cc[c-]c(c(n1)c23)c54.[Ir]. The maximum Gasteiger partial charge on any atom is 0.162 e. The molecule has 1 heterocycles. The molecule has 0 unspecified atom stereocenters. The Morgan fingerprint density at radius 2 is 1.50 bits per heavy atom. The molecule has 0 aliphatic heterocycles. The van der Waals surface area contributed by atoms with Gasteiger partial charge in [0.2, 0.25) is 0 Å². The third kappa shape index (κ3) is 5.31. The fourth-order valence-electron chi connectivity index (χ4n) is 5.05. The molecule has 1 N–H and O–H groups in total. The van der Waals surface area contributed by atoms with E-state index in [-0.39, 0.29) is 43.5 Å². The third-order valence-corrected chi connectivity index (χ3v) is 7.18. The van der Waals surface area contributed by atoms with E-state index in [1.165, 1.54) is 27.6 Å². The Morgan fingerprint density at radius 1 is 0.917 bits per heavy atom. The van der Waals surface area contributed by atoms with Gasteiger partial charge in [0.25, 0.3) is 0 Å². The van der Waals surface area contributed by atoms with Crippen LogP contribution in [0.25, 0.3) is 43.2 Å². The Hall–Kier alpha value is -2.81. The molecule has 0 saturated carbocycles. The Balaban J connectivity index is 0.000000214. The number of carbonyl (C=O) groups excluding carboxylic acids is 1. The first-order chi connectivity index (χ1) is 17.4. The minimum absolute atomic E-state index is 0. The van der Waals surface area contributed by atoms with Crippen molar-refractivity contribution >= 4 is 49.0 Å². The van der Waals surface area contributed by atoms with Gasteiger partial charge in [-0.3, -0.25) is 4.79 Å². The predicted octanol–water partition coefficient (Wildman–Crippen LogP) is 8.80. The first-order valence-electron chi connectivity index (χ1n) is 13.2. The molecular formula is C32H34IrNO2-. The molecule has 0 atom stereocenters. The van der Waals surface area contributed by atoms with Gasteiger partial charge in [-0.05, 0) is 53.4 Å². The van der Waals surface area contributed by atoms with Crippen molar-refractivity contribution in [1.82, 2.24) is 4.98 Å². The summed E-state index contributed by atoms with van der Waals surface area (Å²) in [6, 6.07) is 21.8. The van der Waals surface area contributed by atoms with Crippen LogP contribution in [0.15, 0.2) is 72.6 Å². The molecule has 4 heteroatoms. The van der Waals surface area contributed by atoms with Crippen molar-refractivity contribution in [3.05, 3.63) is 78.7 Å². The molecule has 3 nitrogen and oxygen atoms in total. The molecule has 0 spiro atoms. The molecule has 4 aromatic carbocycles. The van der Waals surface area contributed by atoms with E-state index in [1.807, 2.05) is 39.8 Å². The van der Waals surface area contributed by atoms with Crippen molar-refractivity contribution in [2.45, 2.75) is 53.4 Å². The van der Waals surface area contributed by atoms with Gasteiger partial charge in [-0.1, -0.05) is 74.9 Å². The Kier molecular flexibility index (Phi) is 9.07. The second-order valence-corrected chi connectivity index (χ2v) is 9.12. The van der Waals surface area contributed by atoms with Crippen LogP contribution in [0.3, 0.4) is 0 Å².